The fourth-order valence-electron chi connectivity index (χ4n) is 4.00. The van der Waals surface area contributed by atoms with Crippen LogP contribution in [-0.2, 0) is 0 Å². The first-order valence-corrected chi connectivity index (χ1v) is 12.8. The van der Waals surface area contributed by atoms with Crippen LogP contribution < -0.4 is 11.1 Å². The summed E-state index contributed by atoms with van der Waals surface area (Å²) in [7, 11) is 0. The van der Waals surface area contributed by atoms with Crippen LogP contribution in [0.1, 0.15) is 59.6 Å². The molecule has 1 atom stereocenters. The first-order chi connectivity index (χ1) is 18.0. The minimum Gasteiger partial charge on any atom is -0.391 e. The Morgan fingerprint density at radius 3 is 2.63 bits per heavy atom. The summed E-state index contributed by atoms with van der Waals surface area (Å²) in [4.78, 5) is 8.89. The van der Waals surface area contributed by atoms with E-state index in [9.17, 15) is 13.2 Å². The maximum Gasteiger partial charge on any atom is 0.272 e. The summed E-state index contributed by atoms with van der Waals surface area (Å²) in [5.41, 5.74) is 10.0. The fraction of sp³-hybridized carbons (Fsp3) is 0.355. The molecule has 0 aliphatic heterocycles. The van der Waals surface area contributed by atoms with Gasteiger partial charge in [0.1, 0.15) is 11.5 Å². The molecule has 1 aromatic heterocycles. The van der Waals surface area contributed by atoms with Gasteiger partial charge in [0.05, 0.1) is 0 Å². The Hall–Kier alpha value is -3.45. The lowest BCUT2D eigenvalue weighted by Gasteiger charge is -2.18. The highest BCUT2D eigenvalue weighted by Gasteiger charge is 2.30. The van der Waals surface area contributed by atoms with Crippen LogP contribution in [0.4, 0.5) is 13.2 Å². The predicted octanol–water partition coefficient (Wildman–Crippen LogP) is 7.61. The molecule has 0 bridgehead atoms. The number of hydrogen-bond donors (Lipinski definition) is 2. The maximum absolute atomic E-state index is 14.9. The fourth-order valence-corrected chi connectivity index (χ4v) is 4.00. The van der Waals surface area contributed by atoms with Crippen molar-refractivity contribution in [3.05, 3.63) is 107 Å². The van der Waals surface area contributed by atoms with Crippen LogP contribution in [0.5, 0.6) is 0 Å². The van der Waals surface area contributed by atoms with Gasteiger partial charge in [-0.2, -0.15) is 0 Å². The average Bonchev–Trinajstić information content (AvgIpc) is 3.39. The molecule has 0 amide bonds. The van der Waals surface area contributed by atoms with Crippen molar-refractivity contribution in [1.82, 2.24) is 10.3 Å². The largest absolute Gasteiger partial charge is 0.391 e. The molecular formula is C31H39F3N4. The summed E-state index contributed by atoms with van der Waals surface area (Å²) in [6.45, 7) is 12.1. The zero-order chi connectivity index (χ0) is 28.3. The average molecular weight is 525 g/mol. The molecular weight excluding hydrogens is 485 g/mol. The molecule has 0 spiro atoms. The van der Waals surface area contributed by atoms with E-state index in [1.54, 1.807) is 13.1 Å². The zero-order valence-corrected chi connectivity index (χ0v) is 23.0. The number of aromatic nitrogens is 1. The number of alkyl halides is 2. The minimum absolute atomic E-state index is 0.170. The molecule has 0 fully saturated rings. The molecule has 3 N–H and O–H groups in total. The van der Waals surface area contributed by atoms with Gasteiger partial charge in [0, 0.05) is 49.1 Å². The van der Waals surface area contributed by atoms with Crippen molar-refractivity contribution in [3.8, 4) is 0 Å². The van der Waals surface area contributed by atoms with Gasteiger partial charge < -0.3 is 11.1 Å². The topological polar surface area (TPSA) is 63.3 Å². The number of hydrogen-bond acceptors (Lipinski definition) is 4. The van der Waals surface area contributed by atoms with Crippen LogP contribution in [0.3, 0.4) is 0 Å². The number of halogens is 3. The van der Waals surface area contributed by atoms with Crippen LogP contribution >= 0.6 is 0 Å². The van der Waals surface area contributed by atoms with Crippen molar-refractivity contribution in [1.29, 1.82) is 0 Å². The van der Waals surface area contributed by atoms with Gasteiger partial charge in [0.25, 0.3) is 5.92 Å². The normalized spacial score (nSPS) is 16.8. The van der Waals surface area contributed by atoms with Gasteiger partial charge in [-0.1, -0.05) is 37.0 Å². The SMILES string of the molecule is C=CNCC/C(=C\CC(/N=C(C)/C(=C\C(=C/C)C1=CCC=C1)C(C)(F)F)=C(/C)C(C)N)c1ncccc1F. The number of rotatable bonds is 13. The number of nitrogens with two attached hydrogens (primary N) is 1. The highest BCUT2D eigenvalue weighted by Crippen LogP contribution is 2.30. The monoisotopic (exact) mass is 524 g/mol. The smallest absolute Gasteiger partial charge is 0.272 e. The molecule has 204 valence electrons. The maximum atomic E-state index is 14.9. The van der Waals surface area contributed by atoms with E-state index >= 15 is 0 Å². The van der Waals surface area contributed by atoms with E-state index in [1.807, 2.05) is 51.2 Å². The number of pyridine rings is 1. The number of nitrogens with zero attached hydrogens (tertiary/aromatic N) is 2. The lowest BCUT2D eigenvalue weighted by molar-refractivity contribution is 0.0700. The molecule has 4 nitrogen and oxygen atoms in total. The summed E-state index contributed by atoms with van der Waals surface area (Å²) in [5.74, 6) is -3.55. The van der Waals surface area contributed by atoms with E-state index in [0.29, 0.717) is 29.8 Å². The van der Waals surface area contributed by atoms with E-state index in [1.165, 1.54) is 24.4 Å². The summed E-state index contributed by atoms with van der Waals surface area (Å²) in [5, 5.41) is 3.01. The quantitative estimate of drug-likeness (QED) is 0.159. The Kier molecular flexibility index (Phi) is 11.7. The third kappa shape index (κ3) is 8.84. The van der Waals surface area contributed by atoms with Crippen molar-refractivity contribution >= 4 is 11.3 Å². The molecule has 0 aromatic carbocycles. The van der Waals surface area contributed by atoms with Crippen LogP contribution in [0, 0.1) is 5.82 Å². The summed E-state index contributed by atoms with van der Waals surface area (Å²) in [6, 6.07) is 2.55. The second kappa shape index (κ2) is 14.5. The second-order valence-electron chi connectivity index (χ2n) is 9.28. The molecule has 2 rings (SSSR count). The Bertz CT molecular complexity index is 1210. The summed E-state index contributed by atoms with van der Waals surface area (Å²) < 4.78 is 44.3. The van der Waals surface area contributed by atoms with Crippen molar-refractivity contribution in [3.63, 3.8) is 0 Å². The Morgan fingerprint density at radius 1 is 1.34 bits per heavy atom. The van der Waals surface area contributed by atoms with E-state index in [4.69, 9.17) is 5.73 Å². The highest BCUT2D eigenvalue weighted by atomic mass is 19.3. The van der Waals surface area contributed by atoms with Crippen LogP contribution in [0.2, 0.25) is 0 Å². The molecule has 0 saturated heterocycles. The van der Waals surface area contributed by atoms with E-state index in [2.05, 4.69) is 21.9 Å². The Morgan fingerprint density at radius 2 is 2.08 bits per heavy atom. The Labute approximate surface area is 225 Å². The highest BCUT2D eigenvalue weighted by molar-refractivity contribution is 6.01. The van der Waals surface area contributed by atoms with Gasteiger partial charge in [-0.25, -0.2) is 13.2 Å². The number of nitrogens with one attached hydrogen (secondary N) is 1. The van der Waals surface area contributed by atoms with Crippen LogP contribution in [-0.4, -0.2) is 29.2 Å². The second-order valence-corrected chi connectivity index (χ2v) is 9.28. The number of allylic oxidation sites excluding steroid dienone is 9. The molecule has 1 aliphatic carbocycles. The van der Waals surface area contributed by atoms with E-state index < -0.39 is 11.7 Å². The summed E-state index contributed by atoms with van der Waals surface area (Å²) in [6.07, 6.45) is 15.7. The van der Waals surface area contributed by atoms with Gasteiger partial charge in [-0.15, -0.1) is 0 Å². The zero-order valence-electron chi connectivity index (χ0n) is 23.0. The van der Waals surface area contributed by atoms with Gasteiger partial charge in [0.15, 0.2) is 0 Å². The first kappa shape index (κ1) is 30.8. The van der Waals surface area contributed by atoms with Crippen molar-refractivity contribution < 1.29 is 13.2 Å². The molecule has 38 heavy (non-hydrogen) atoms. The molecule has 1 aromatic rings. The van der Waals surface area contributed by atoms with E-state index in [0.717, 1.165) is 24.5 Å². The van der Waals surface area contributed by atoms with Gasteiger partial charge in [-0.3, -0.25) is 9.98 Å². The van der Waals surface area contributed by atoms with Crippen molar-refractivity contribution in [2.24, 2.45) is 10.7 Å². The number of aliphatic imine (C=N–C) groups is 1. The summed E-state index contributed by atoms with van der Waals surface area (Å²) >= 11 is 0. The molecule has 1 unspecified atom stereocenters. The van der Waals surface area contributed by atoms with Crippen molar-refractivity contribution in [2.45, 2.75) is 65.8 Å². The predicted molar refractivity (Wildman–Crippen MR) is 153 cm³/mol. The molecule has 1 aliphatic rings. The Balaban J connectivity index is 2.56. The van der Waals surface area contributed by atoms with Crippen molar-refractivity contribution in [2.75, 3.05) is 6.54 Å². The lowest BCUT2D eigenvalue weighted by Crippen LogP contribution is -2.21. The lowest BCUT2D eigenvalue weighted by atomic mass is 9.97. The van der Waals surface area contributed by atoms with Crippen LogP contribution in [0.25, 0.3) is 5.57 Å². The first-order valence-electron chi connectivity index (χ1n) is 12.8. The van der Waals surface area contributed by atoms with Gasteiger partial charge in [-0.05, 0) is 87.2 Å². The van der Waals surface area contributed by atoms with Gasteiger partial charge >= 0.3 is 0 Å². The molecule has 0 radical (unpaired) electrons. The third-order valence-corrected chi connectivity index (χ3v) is 6.31. The third-order valence-electron chi connectivity index (χ3n) is 6.31. The van der Waals surface area contributed by atoms with E-state index in [-0.39, 0.29) is 29.4 Å². The van der Waals surface area contributed by atoms with Gasteiger partial charge in [0.2, 0.25) is 0 Å². The standard InChI is InChI=1S/C31H39F3N4/c1-7-24(25-12-9-10-13-25)20-27(31(6,33)34)23(5)38-29(21(3)22(4)35)16-15-26(17-19-36-8-2)30-28(32)14-11-18-37-30/h7-9,11-15,18,20,22,36H,2,10,16-17,19,35H2,1,3-6H3/b24-7+,26-15+,27-20+,29-21+,38-23+. The minimum atomic E-state index is -3.12. The molecule has 1 heterocycles. The van der Waals surface area contributed by atoms with Crippen LogP contribution in [0.15, 0.2) is 101 Å². The molecule has 7 heteroatoms. The molecule has 0 saturated carbocycles.